The first-order valence-corrected chi connectivity index (χ1v) is 9.26. The number of thioether (sulfide) groups is 1. The number of carbonyl (C=O) groups excluding carboxylic acids is 1. The number of aromatic nitrogens is 5. The molecule has 1 amide bonds. The van der Waals surface area contributed by atoms with Crippen LogP contribution in [0.1, 0.15) is 26.5 Å². The van der Waals surface area contributed by atoms with Crippen LogP contribution in [0.5, 0.6) is 0 Å². The molecule has 2 heterocycles. The molecule has 136 valence electrons. The fourth-order valence-corrected chi connectivity index (χ4v) is 3.00. The van der Waals surface area contributed by atoms with Crippen LogP contribution in [0.3, 0.4) is 0 Å². The summed E-state index contributed by atoms with van der Waals surface area (Å²) in [6, 6.07) is 11.7. The lowest BCUT2D eigenvalue weighted by Gasteiger charge is -2.14. The third kappa shape index (κ3) is 4.13. The predicted molar refractivity (Wildman–Crippen MR) is 103 cm³/mol. The van der Waals surface area contributed by atoms with E-state index in [0.29, 0.717) is 11.0 Å². The zero-order chi connectivity index (χ0) is 18.7. The van der Waals surface area contributed by atoms with Crippen molar-refractivity contribution in [2.75, 3.05) is 11.1 Å². The molecule has 0 saturated heterocycles. The zero-order valence-corrected chi connectivity index (χ0v) is 16.1. The van der Waals surface area contributed by atoms with Crippen molar-refractivity contribution in [2.45, 2.75) is 31.3 Å². The highest BCUT2D eigenvalue weighted by atomic mass is 32.2. The molecule has 8 heteroatoms. The number of hydrogen-bond acceptors (Lipinski definition) is 5. The standard InChI is InChI=1S/C18H22N6OS/c1-18(2,3)14-10-15(24(22-14)13-8-6-5-7-9-13)20-16(25)11-26-17-21-19-12-23(17)4/h5-10,12H,11H2,1-4H3,(H,20,25). The molecule has 2 aromatic heterocycles. The van der Waals surface area contributed by atoms with Gasteiger partial charge in [-0.05, 0) is 12.1 Å². The molecule has 3 rings (SSSR count). The smallest absolute Gasteiger partial charge is 0.236 e. The van der Waals surface area contributed by atoms with Crippen LogP contribution < -0.4 is 5.32 Å². The summed E-state index contributed by atoms with van der Waals surface area (Å²) in [5, 5.41) is 16.2. The van der Waals surface area contributed by atoms with E-state index in [9.17, 15) is 4.79 Å². The van der Waals surface area contributed by atoms with E-state index in [4.69, 9.17) is 5.10 Å². The predicted octanol–water partition coefficient (Wildman–Crippen LogP) is 3.03. The Balaban J connectivity index is 1.80. The number of nitrogens with zero attached hydrogens (tertiary/aromatic N) is 5. The lowest BCUT2D eigenvalue weighted by molar-refractivity contribution is -0.113. The Morgan fingerprint density at radius 1 is 1.23 bits per heavy atom. The summed E-state index contributed by atoms with van der Waals surface area (Å²) < 4.78 is 3.55. The van der Waals surface area contributed by atoms with Crippen LogP contribution in [0, 0.1) is 0 Å². The van der Waals surface area contributed by atoms with Crippen LogP contribution in [-0.4, -0.2) is 36.2 Å². The average Bonchev–Trinajstić information content (AvgIpc) is 3.20. The first-order valence-electron chi connectivity index (χ1n) is 8.27. The Bertz CT molecular complexity index is 894. The van der Waals surface area contributed by atoms with E-state index in [0.717, 1.165) is 11.4 Å². The van der Waals surface area contributed by atoms with E-state index in [1.165, 1.54) is 11.8 Å². The molecular weight excluding hydrogens is 348 g/mol. The molecule has 0 aliphatic carbocycles. The molecule has 0 aliphatic rings. The van der Waals surface area contributed by atoms with Gasteiger partial charge in [0.15, 0.2) is 5.16 Å². The number of nitrogens with one attached hydrogen (secondary N) is 1. The fraction of sp³-hybridized carbons (Fsp3) is 0.333. The minimum absolute atomic E-state index is 0.115. The number of anilines is 1. The molecule has 0 aliphatic heterocycles. The quantitative estimate of drug-likeness (QED) is 0.699. The molecule has 0 spiro atoms. The summed E-state index contributed by atoms with van der Waals surface area (Å²) in [6.45, 7) is 6.29. The molecule has 3 aromatic rings. The van der Waals surface area contributed by atoms with Crippen LogP contribution in [0.15, 0.2) is 47.9 Å². The first-order chi connectivity index (χ1) is 12.3. The van der Waals surface area contributed by atoms with E-state index in [-0.39, 0.29) is 17.1 Å². The van der Waals surface area contributed by atoms with E-state index in [1.807, 2.05) is 43.4 Å². The highest BCUT2D eigenvalue weighted by molar-refractivity contribution is 7.99. The van der Waals surface area contributed by atoms with Crippen LogP contribution in [-0.2, 0) is 17.3 Å². The molecule has 0 radical (unpaired) electrons. The minimum atomic E-state index is -0.118. The summed E-state index contributed by atoms with van der Waals surface area (Å²) in [4.78, 5) is 12.4. The number of carbonyl (C=O) groups is 1. The van der Waals surface area contributed by atoms with E-state index in [1.54, 1.807) is 15.6 Å². The Labute approximate surface area is 156 Å². The molecule has 0 atom stereocenters. The van der Waals surface area contributed by atoms with Crippen molar-refractivity contribution in [1.29, 1.82) is 0 Å². The van der Waals surface area contributed by atoms with Gasteiger partial charge in [-0.3, -0.25) is 4.79 Å². The second-order valence-corrected chi connectivity index (χ2v) is 7.92. The van der Waals surface area contributed by atoms with Gasteiger partial charge in [-0.2, -0.15) is 5.10 Å². The van der Waals surface area contributed by atoms with Gasteiger partial charge in [-0.1, -0.05) is 50.7 Å². The van der Waals surface area contributed by atoms with Crippen molar-refractivity contribution in [3.05, 3.63) is 48.4 Å². The maximum atomic E-state index is 12.4. The molecule has 0 bridgehead atoms. The van der Waals surface area contributed by atoms with Gasteiger partial charge < -0.3 is 9.88 Å². The largest absolute Gasteiger partial charge is 0.312 e. The second-order valence-electron chi connectivity index (χ2n) is 6.97. The molecular formula is C18H22N6OS. The molecule has 0 saturated carbocycles. The zero-order valence-electron chi connectivity index (χ0n) is 15.3. The molecule has 0 unspecified atom stereocenters. The first kappa shape index (κ1) is 18.2. The van der Waals surface area contributed by atoms with Gasteiger partial charge in [-0.25, -0.2) is 4.68 Å². The van der Waals surface area contributed by atoms with Gasteiger partial charge in [0.2, 0.25) is 5.91 Å². The van der Waals surface area contributed by atoms with Gasteiger partial charge in [-0.15, -0.1) is 10.2 Å². The molecule has 0 fully saturated rings. The molecule has 7 nitrogen and oxygen atoms in total. The minimum Gasteiger partial charge on any atom is -0.312 e. The van der Waals surface area contributed by atoms with Crippen molar-refractivity contribution in [3.8, 4) is 5.69 Å². The lowest BCUT2D eigenvalue weighted by atomic mass is 9.92. The Morgan fingerprint density at radius 3 is 2.58 bits per heavy atom. The summed E-state index contributed by atoms with van der Waals surface area (Å²) in [6.07, 6.45) is 1.61. The van der Waals surface area contributed by atoms with Crippen molar-refractivity contribution in [3.63, 3.8) is 0 Å². The van der Waals surface area contributed by atoms with Crippen LogP contribution in [0.25, 0.3) is 5.69 Å². The highest BCUT2D eigenvalue weighted by Crippen LogP contribution is 2.26. The van der Waals surface area contributed by atoms with Crippen molar-refractivity contribution >= 4 is 23.5 Å². The Kier molecular flexibility index (Phi) is 5.13. The van der Waals surface area contributed by atoms with Crippen LogP contribution in [0.4, 0.5) is 5.82 Å². The summed E-state index contributed by atoms with van der Waals surface area (Å²) in [5.41, 5.74) is 1.70. The number of amides is 1. The number of hydrogen-bond donors (Lipinski definition) is 1. The SMILES string of the molecule is Cn1cnnc1SCC(=O)Nc1cc(C(C)(C)C)nn1-c1ccccc1. The van der Waals surface area contributed by atoms with Crippen molar-refractivity contribution in [1.82, 2.24) is 24.5 Å². The third-order valence-electron chi connectivity index (χ3n) is 3.75. The van der Waals surface area contributed by atoms with Crippen LogP contribution in [0.2, 0.25) is 0 Å². The number of para-hydroxylation sites is 1. The van der Waals surface area contributed by atoms with Gasteiger partial charge >= 0.3 is 0 Å². The molecule has 26 heavy (non-hydrogen) atoms. The van der Waals surface area contributed by atoms with Gasteiger partial charge in [0.25, 0.3) is 0 Å². The molecule has 1 aromatic carbocycles. The highest BCUT2D eigenvalue weighted by Gasteiger charge is 2.21. The van der Waals surface area contributed by atoms with Gasteiger partial charge in [0, 0.05) is 18.5 Å². The topological polar surface area (TPSA) is 77.6 Å². The summed E-state index contributed by atoms with van der Waals surface area (Å²) in [5.74, 6) is 0.789. The monoisotopic (exact) mass is 370 g/mol. The van der Waals surface area contributed by atoms with Gasteiger partial charge in [0.05, 0.1) is 17.1 Å². The van der Waals surface area contributed by atoms with Gasteiger partial charge in [0.1, 0.15) is 12.1 Å². The number of rotatable bonds is 5. The van der Waals surface area contributed by atoms with Crippen molar-refractivity contribution in [2.24, 2.45) is 7.05 Å². The van der Waals surface area contributed by atoms with E-state index < -0.39 is 0 Å². The van der Waals surface area contributed by atoms with E-state index >= 15 is 0 Å². The summed E-state index contributed by atoms with van der Waals surface area (Å²) in [7, 11) is 1.85. The number of benzene rings is 1. The maximum absolute atomic E-state index is 12.4. The lowest BCUT2D eigenvalue weighted by Crippen LogP contribution is -2.17. The third-order valence-corrected chi connectivity index (χ3v) is 4.78. The molecule has 1 N–H and O–H groups in total. The van der Waals surface area contributed by atoms with E-state index in [2.05, 4.69) is 36.3 Å². The van der Waals surface area contributed by atoms with Crippen LogP contribution >= 0.6 is 11.8 Å². The summed E-state index contributed by atoms with van der Waals surface area (Å²) >= 11 is 1.34. The maximum Gasteiger partial charge on any atom is 0.236 e. The fourth-order valence-electron chi connectivity index (χ4n) is 2.31. The number of aryl methyl sites for hydroxylation is 1. The second kappa shape index (κ2) is 7.33. The normalized spacial score (nSPS) is 11.5. The Morgan fingerprint density at radius 2 is 1.96 bits per heavy atom. The average molecular weight is 370 g/mol. The van der Waals surface area contributed by atoms with Crippen molar-refractivity contribution < 1.29 is 4.79 Å². The Hall–Kier alpha value is -2.61.